The van der Waals surface area contributed by atoms with Gasteiger partial charge in [-0.2, -0.15) is 0 Å². The number of amides is 1. The van der Waals surface area contributed by atoms with E-state index in [0.717, 1.165) is 19.4 Å². The lowest BCUT2D eigenvalue weighted by molar-refractivity contribution is 0.0390. The number of hydrogen-bond donors (Lipinski definition) is 3. The SMILES string of the molecule is CN1CC[C@]2(C)c3cc(O)ccc3C[C@@H]1[C@@H]2CNC(=O)c1cccc(C(=O)O)c1. The second-order valence-electron chi connectivity index (χ2n) is 8.46. The second-order valence-corrected chi connectivity index (χ2v) is 8.46. The average Bonchev–Trinajstić information content (AvgIpc) is 2.70. The highest BCUT2D eigenvalue weighted by atomic mass is 16.4. The van der Waals surface area contributed by atoms with E-state index < -0.39 is 5.97 Å². The van der Waals surface area contributed by atoms with Crippen molar-refractivity contribution < 1.29 is 19.8 Å². The van der Waals surface area contributed by atoms with Gasteiger partial charge in [0, 0.05) is 29.5 Å². The molecule has 0 saturated carbocycles. The van der Waals surface area contributed by atoms with Crippen LogP contribution in [0.3, 0.4) is 0 Å². The minimum Gasteiger partial charge on any atom is -0.508 e. The molecular weight excluding hydrogens is 368 g/mol. The molecule has 1 aliphatic heterocycles. The number of phenolic OH excluding ortho intramolecular Hbond substituents is 1. The van der Waals surface area contributed by atoms with E-state index in [0.29, 0.717) is 18.2 Å². The highest BCUT2D eigenvalue weighted by Gasteiger charge is 2.49. The molecule has 1 heterocycles. The van der Waals surface area contributed by atoms with Crippen LogP contribution in [0.5, 0.6) is 5.75 Å². The summed E-state index contributed by atoms with van der Waals surface area (Å²) in [4.78, 5) is 26.2. The van der Waals surface area contributed by atoms with Gasteiger partial charge >= 0.3 is 5.97 Å². The molecule has 3 N–H and O–H groups in total. The zero-order chi connectivity index (χ0) is 20.8. The van der Waals surface area contributed by atoms with Gasteiger partial charge in [-0.15, -0.1) is 0 Å². The highest BCUT2D eigenvalue weighted by molar-refractivity contribution is 5.97. The van der Waals surface area contributed by atoms with Gasteiger partial charge in [0.1, 0.15) is 5.75 Å². The fourth-order valence-corrected chi connectivity index (χ4v) is 5.08. The Morgan fingerprint density at radius 2 is 1.97 bits per heavy atom. The Labute approximate surface area is 170 Å². The first kappa shape index (κ1) is 19.5. The molecule has 0 unspecified atom stereocenters. The maximum absolute atomic E-state index is 12.7. The number of carboxylic acids is 1. The Kier molecular flexibility index (Phi) is 4.82. The van der Waals surface area contributed by atoms with Gasteiger partial charge in [0.05, 0.1) is 5.56 Å². The van der Waals surface area contributed by atoms with E-state index >= 15 is 0 Å². The normalized spacial score (nSPS) is 25.9. The third-order valence-electron chi connectivity index (χ3n) is 6.82. The summed E-state index contributed by atoms with van der Waals surface area (Å²) in [7, 11) is 2.13. The predicted molar refractivity (Wildman–Crippen MR) is 109 cm³/mol. The van der Waals surface area contributed by atoms with Crippen molar-refractivity contribution in [3.05, 3.63) is 64.7 Å². The number of carbonyl (C=O) groups excluding carboxylic acids is 1. The summed E-state index contributed by atoms with van der Waals surface area (Å²) in [6.45, 7) is 3.70. The number of hydrogen-bond acceptors (Lipinski definition) is 4. The van der Waals surface area contributed by atoms with E-state index in [2.05, 4.69) is 24.2 Å². The van der Waals surface area contributed by atoms with Crippen molar-refractivity contribution >= 4 is 11.9 Å². The van der Waals surface area contributed by atoms with Crippen LogP contribution in [0.25, 0.3) is 0 Å². The Morgan fingerprint density at radius 1 is 1.21 bits per heavy atom. The molecule has 1 amide bonds. The van der Waals surface area contributed by atoms with Crippen LogP contribution in [0.1, 0.15) is 45.2 Å². The Balaban J connectivity index is 1.59. The number of carboxylic acid groups (broad SMARTS) is 1. The van der Waals surface area contributed by atoms with Crippen molar-refractivity contribution in [2.45, 2.75) is 31.2 Å². The molecule has 6 heteroatoms. The van der Waals surface area contributed by atoms with Crippen molar-refractivity contribution in [1.29, 1.82) is 0 Å². The van der Waals surface area contributed by atoms with Crippen LogP contribution in [0.15, 0.2) is 42.5 Å². The number of nitrogens with zero attached hydrogens (tertiary/aromatic N) is 1. The number of likely N-dealkylation sites (tertiary alicyclic amines) is 1. The van der Waals surface area contributed by atoms with E-state index in [1.165, 1.54) is 23.3 Å². The third-order valence-corrected chi connectivity index (χ3v) is 6.82. The lowest BCUT2D eigenvalue weighted by Gasteiger charge is -2.54. The van der Waals surface area contributed by atoms with Gasteiger partial charge in [0.25, 0.3) is 5.91 Å². The van der Waals surface area contributed by atoms with Crippen molar-refractivity contribution in [1.82, 2.24) is 10.2 Å². The van der Waals surface area contributed by atoms with Crippen LogP contribution >= 0.6 is 0 Å². The molecule has 2 bridgehead atoms. The van der Waals surface area contributed by atoms with Gasteiger partial charge in [-0.25, -0.2) is 4.79 Å². The predicted octanol–water partition coefficient (Wildman–Crippen LogP) is 2.65. The number of aromatic hydroxyl groups is 1. The van der Waals surface area contributed by atoms with Gasteiger partial charge in [-0.3, -0.25) is 4.79 Å². The van der Waals surface area contributed by atoms with Crippen LogP contribution in [-0.4, -0.2) is 53.2 Å². The van der Waals surface area contributed by atoms with Crippen LogP contribution in [0.4, 0.5) is 0 Å². The number of fused-ring (bicyclic) bond motifs is 4. The molecule has 3 atom stereocenters. The minimum absolute atomic E-state index is 0.100. The largest absolute Gasteiger partial charge is 0.508 e. The first-order valence-corrected chi connectivity index (χ1v) is 9.94. The lowest BCUT2D eigenvalue weighted by Crippen LogP contribution is -2.60. The number of piperidine rings is 1. The van der Waals surface area contributed by atoms with E-state index in [1.807, 2.05) is 12.1 Å². The van der Waals surface area contributed by atoms with E-state index in [-0.39, 0.29) is 28.6 Å². The van der Waals surface area contributed by atoms with Crippen LogP contribution in [-0.2, 0) is 11.8 Å². The number of likely N-dealkylation sites (N-methyl/N-ethyl adjacent to an activating group) is 1. The Bertz CT molecular complexity index is 973. The molecule has 0 spiro atoms. The maximum atomic E-state index is 12.7. The minimum atomic E-state index is -1.05. The molecule has 2 aromatic carbocycles. The summed E-state index contributed by atoms with van der Waals surface area (Å²) in [6, 6.07) is 12.0. The molecule has 6 nitrogen and oxygen atoms in total. The third kappa shape index (κ3) is 3.38. The second kappa shape index (κ2) is 7.19. The molecule has 2 aromatic rings. The van der Waals surface area contributed by atoms with Crippen LogP contribution in [0, 0.1) is 5.92 Å². The van der Waals surface area contributed by atoms with Gasteiger partial charge in [-0.1, -0.05) is 19.1 Å². The van der Waals surface area contributed by atoms with Gasteiger partial charge < -0.3 is 20.4 Å². The zero-order valence-electron chi connectivity index (χ0n) is 16.7. The van der Waals surface area contributed by atoms with Gasteiger partial charge in [0.15, 0.2) is 0 Å². The quantitative estimate of drug-likeness (QED) is 0.742. The average molecular weight is 394 g/mol. The number of phenols is 1. The summed E-state index contributed by atoms with van der Waals surface area (Å²) in [5.41, 5.74) is 2.75. The summed E-state index contributed by atoms with van der Waals surface area (Å²) >= 11 is 0. The smallest absolute Gasteiger partial charge is 0.335 e. The van der Waals surface area contributed by atoms with Crippen molar-refractivity contribution in [3.8, 4) is 5.75 Å². The number of benzene rings is 2. The molecule has 4 rings (SSSR count). The molecule has 2 aliphatic rings. The zero-order valence-corrected chi connectivity index (χ0v) is 16.7. The molecule has 1 saturated heterocycles. The molecule has 0 aromatic heterocycles. The van der Waals surface area contributed by atoms with Crippen LogP contribution < -0.4 is 5.32 Å². The standard InChI is InChI=1S/C23H26N2O4/c1-23-8-9-25(2)20(11-14-6-7-17(26)12-18(14)23)19(23)13-24-21(27)15-4-3-5-16(10-15)22(28)29/h3-7,10,12,19-20,26H,8-9,11,13H2,1-2H3,(H,24,27)(H,28,29)/t19-,20+,23+/m0/s1. The van der Waals surface area contributed by atoms with Gasteiger partial charge in [0.2, 0.25) is 0 Å². The number of aromatic carboxylic acids is 1. The monoisotopic (exact) mass is 394 g/mol. The van der Waals surface area contributed by atoms with Crippen molar-refractivity contribution in [2.24, 2.45) is 5.92 Å². The molecule has 152 valence electrons. The topological polar surface area (TPSA) is 89.9 Å². The maximum Gasteiger partial charge on any atom is 0.335 e. The summed E-state index contributed by atoms with van der Waals surface area (Å²) < 4.78 is 0. The van der Waals surface area contributed by atoms with E-state index in [1.54, 1.807) is 18.2 Å². The summed E-state index contributed by atoms with van der Waals surface area (Å²) in [5, 5.41) is 22.2. The Hall–Kier alpha value is -2.86. The summed E-state index contributed by atoms with van der Waals surface area (Å²) in [5.74, 6) is -0.844. The van der Waals surface area contributed by atoms with Crippen molar-refractivity contribution in [2.75, 3.05) is 20.1 Å². The molecular formula is C23H26N2O4. The van der Waals surface area contributed by atoms with Gasteiger partial charge in [-0.05, 0) is 67.9 Å². The molecule has 1 fully saturated rings. The molecule has 29 heavy (non-hydrogen) atoms. The first-order valence-electron chi connectivity index (χ1n) is 9.94. The highest BCUT2D eigenvalue weighted by Crippen LogP contribution is 2.48. The molecule has 1 aliphatic carbocycles. The van der Waals surface area contributed by atoms with E-state index in [4.69, 9.17) is 5.11 Å². The van der Waals surface area contributed by atoms with E-state index in [9.17, 15) is 14.7 Å². The Morgan fingerprint density at radius 3 is 2.72 bits per heavy atom. The fraction of sp³-hybridized carbons (Fsp3) is 0.391. The van der Waals surface area contributed by atoms with Crippen molar-refractivity contribution in [3.63, 3.8) is 0 Å². The lowest BCUT2D eigenvalue weighted by atomic mass is 9.58. The number of rotatable bonds is 4. The fourth-order valence-electron chi connectivity index (χ4n) is 5.08. The number of nitrogens with one attached hydrogen (secondary N) is 1. The first-order chi connectivity index (χ1) is 13.8. The number of carbonyl (C=O) groups is 2. The summed E-state index contributed by atoms with van der Waals surface area (Å²) in [6.07, 6.45) is 1.84. The molecule has 0 radical (unpaired) electrons. The van der Waals surface area contributed by atoms with Crippen LogP contribution in [0.2, 0.25) is 0 Å².